The van der Waals surface area contributed by atoms with Crippen molar-refractivity contribution in [2.24, 2.45) is 5.92 Å². The van der Waals surface area contributed by atoms with Crippen molar-refractivity contribution < 1.29 is 4.79 Å². The van der Waals surface area contributed by atoms with Gasteiger partial charge in [-0.25, -0.2) is 0 Å². The zero-order valence-electron chi connectivity index (χ0n) is 7.59. The number of rotatable bonds is 3. The fraction of sp³-hybridized carbons (Fsp3) is 0.364. The molecule has 1 aromatic rings. The summed E-state index contributed by atoms with van der Waals surface area (Å²) in [6, 6.07) is 5.56. The molecule has 1 aromatic carbocycles. The van der Waals surface area contributed by atoms with Crippen LogP contribution in [0.25, 0.3) is 0 Å². The predicted octanol–water partition coefficient (Wildman–Crippen LogP) is 3.62. The van der Waals surface area contributed by atoms with Crippen LogP contribution in [-0.4, -0.2) is 5.78 Å². The van der Waals surface area contributed by atoms with E-state index in [-0.39, 0.29) is 0 Å². The van der Waals surface area contributed by atoms with Crippen LogP contribution in [0.1, 0.15) is 18.4 Å². The highest BCUT2D eigenvalue weighted by Crippen LogP contribution is 2.32. The van der Waals surface area contributed by atoms with Gasteiger partial charge in [0.15, 0.2) is 0 Å². The lowest BCUT2D eigenvalue weighted by Gasteiger charge is -2.03. The standard InChI is InChI=1S/C11H10BrClO/c12-10-4-3-9(13)5-8(10)6-11(14)7-1-2-7/h3-5,7H,1-2,6H2. The molecule has 0 radical (unpaired) electrons. The molecule has 0 aliphatic heterocycles. The van der Waals surface area contributed by atoms with E-state index in [0.29, 0.717) is 23.1 Å². The van der Waals surface area contributed by atoms with E-state index in [0.717, 1.165) is 22.9 Å². The maximum Gasteiger partial charge on any atom is 0.140 e. The predicted molar refractivity (Wildman–Crippen MR) is 60.6 cm³/mol. The Balaban J connectivity index is 2.14. The van der Waals surface area contributed by atoms with Gasteiger partial charge in [0, 0.05) is 21.8 Å². The number of Topliss-reactive ketones (excluding diaryl/α,β-unsaturated/α-hetero) is 1. The molecular weight excluding hydrogens is 263 g/mol. The van der Waals surface area contributed by atoms with E-state index in [2.05, 4.69) is 15.9 Å². The highest BCUT2D eigenvalue weighted by molar-refractivity contribution is 9.10. The second-order valence-electron chi connectivity index (χ2n) is 3.65. The highest BCUT2D eigenvalue weighted by atomic mass is 79.9. The first-order chi connectivity index (χ1) is 6.66. The molecule has 1 aliphatic carbocycles. The molecule has 0 saturated heterocycles. The van der Waals surface area contributed by atoms with Crippen LogP contribution in [0, 0.1) is 5.92 Å². The van der Waals surface area contributed by atoms with Crippen molar-refractivity contribution in [3.63, 3.8) is 0 Å². The van der Waals surface area contributed by atoms with Crippen LogP contribution in [0.2, 0.25) is 5.02 Å². The Morgan fingerprint density at radius 1 is 1.50 bits per heavy atom. The molecule has 0 atom stereocenters. The Hall–Kier alpha value is -0.340. The summed E-state index contributed by atoms with van der Waals surface area (Å²) < 4.78 is 0.968. The SMILES string of the molecule is O=C(Cc1cc(Cl)ccc1Br)C1CC1. The third kappa shape index (κ3) is 2.37. The number of carbonyl (C=O) groups excluding carboxylic acids is 1. The third-order valence-corrected chi connectivity index (χ3v) is 3.41. The first-order valence-electron chi connectivity index (χ1n) is 4.63. The van der Waals surface area contributed by atoms with Crippen LogP contribution in [0.4, 0.5) is 0 Å². The van der Waals surface area contributed by atoms with Gasteiger partial charge in [0.1, 0.15) is 5.78 Å². The van der Waals surface area contributed by atoms with Crippen LogP contribution < -0.4 is 0 Å². The molecule has 0 spiro atoms. The molecule has 1 fully saturated rings. The minimum Gasteiger partial charge on any atom is -0.299 e. The molecule has 0 unspecified atom stereocenters. The van der Waals surface area contributed by atoms with Gasteiger partial charge in [-0.2, -0.15) is 0 Å². The van der Waals surface area contributed by atoms with Gasteiger partial charge in [-0.15, -0.1) is 0 Å². The second-order valence-corrected chi connectivity index (χ2v) is 4.94. The number of hydrogen-bond donors (Lipinski definition) is 0. The Labute approximate surface area is 96.6 Å². The Bertz CT molecular complexity index is 372. The molecule has 14 heavy (non-hydrogen) atoms. The zero-order chi connectivity index (χ0) is 10.1. The van der Waals surface area contributed by atoms with Crippen molar-refractivity contribution in [2.75, 3.05) is 0 Å². The Morgan fingerprint density at radius 2 is 2.21 bits per heavy atom. The summed E-state index contributed by atoms with van der Waals surface area (Å²) in [5.41, 5.74) is 0.995. The molecule has 0 aromatic heterocycles. The van der Waals surface area contributed by atoms with E-state index >= 15 is 0 Å². The first-order valence-corrected chi connectivity index (χ1v) is 5.80. The minimum atomic E-state index is 0.320. The van der Waals surface area contributed by atoms with Crippen LogP contribution in [-0.2, 0) is 11.2 Å². The van der Waals surface area contributed by atoms with Crippen molar-refractivity contribution in [3.05, 3.63) is 33.3 Å². The van der Waals surface area contributed by atoms with Crippen LogP contribution >= 0.6 is 27.5 Å². The molecule has 3 heteroatoms. The number of ketones is 1. The Morgan fingerprint density at radius 3 is 2.86 bits per heavy atom. The van der Waals surface area contributed by atoms with Crippen molar-refractivity contribution in [1.82, 2.24) is 0 Å². The van der Waals surface area contributed by atoms with Gasteiger partial charge in [0.25, 0.3) is 0 Å². The lowest BCUT2D eigenvalue weighted by atomic mass is 10.1. The first kappa shape index (κ1) is 10.2. The van der Waals surface area contributed by atoms with Gasteiger partial charge in [0.2, 0.25) is 0 Å². The van der Waals surface area contributed by atoms with Crippen molar-refractivity contribution in [2.45, 2.75) is 19.3 Å². The van der Waals surface area contributed by atoms with Gasteiger partial charge < -0.3 is 0 Å². The molecule has 0 N–H and O–H groups in total. The number of carbonyl (C=O) groups is 1. The molecule has 1 saturated carbocycles. The lowest BCUT2D eigenvalue weighted by Crippen LogP contribution is -2.05. The normalized spacial score (nSPS) is 15.6. The largest absolute Gasteiger partial charge is 0.299 e. The monoisotopic (exact) mass is 272 g/mol. The molecule has 2 rings (SSSR count). The van der Waals surface area contributed by atoms with Crippen molar-refractivity contribution >= 4 is 33.3 Å². The average molecular weight is 274 g/mol. The summed E-state index contributed by atoms with van der Waals surface area (Å²) in [6.45, 7) is 0. The van der Waals surface area contributed by atoms with Gasteiger partial charge in [-0.1, -0.05) is 27.5 Å². The fourth-order valence-electron chi connectivity index (χ4n) is 1.42. The number of halogens is 2. The maximum atomic E-state index is 11.6. The summed E-state index contributed by atoms with van der Waals surface area (Å²) in [6.07, 6.45) is 2.64. The zero-order valence-corrected chi connectivity index (χ0v) is 9.94. The molecule has 0 bridgehead atoms. The highest BCUT2D eigenvalue weighted by Gasteiger charge is 2.29. The van der Waals surface area contributed by atoms with Gasteiger partial charge in [-0.05, 0) is 36.6 Å². The van der Waals surface area contributed by atoms with Gasteiger partial charge in [-0.3, -0.25) is 4.79 Å². The quantitative estimate of drug-likeness (QED) is 0.822. The molecule has 74 valence electrons. The number of benzene rings is 1. The minimum absolute atomic E-state index is 0.320. The number of hydrogen-bond acceptors (Lipinski definition) is 1. The smallest absolute Gasteiger partial charge is 0.140 e. The van der Waals surface area contributed by atoms with E-state index in [9.17, 15) is 4.79 Å². The van der Waals surface area contributed by atoms with E-state index in [1.165, 1.54) is 0 Å². The summed E-state index contributed by atoms with van der Waals surface area (Å²) in [7, 11) is 0. The van der Waals surface area contributed by atoms with E-state index in [4.69, 9.17) is 11.6 Å². The van der Waals surface area contributed by atoms with Crippen molar-refractivity contribution in [1.29, 1.82) is 0 Å². The maximum absolute atomic E-state index is 11.6. The molecule has 1 aliphatic rings. The topological polar surface area (TPSA) is 17.1 Å². The summed E-state index contributed by atoms with van der Waals surface area (Å²) in [5, 5.41) is 0.687. The summed E-state index contributed by atoms with van der Waals surface area (Å²) in [5.74, 6) is 0.661. The Kier molecular flexibility index (Phi) is 2.93. The van der Waals surface area contributed by atoms with Crippen molar-refractivity contribution in [3.8, 4) is 0 Å². The van der Waals surface area contributed by atoms with E-state index in [1.54, 1.807) is 0 Å². The summed E-state index contributed by atoms with van der Waals surface area (Å²) in [4.78, 5) is 11.6. The molecule has 0 heterocycles. The average Bonchev–Trinajstić information content (AvgIpc) is 2.94. The van der Waals surface area contributed by atoms with Crippen LogP contribution in [0.3, 0.4) is 0 Å². The molecule has 1 nitrogen and oxygen atoms in total. The second kappa shape index (κ2) is 4.03. The molecular formula is C11H10BrClO. The van der Waals surface area contributed by atoms with E-state index < -0.39 is 0 Å². The van der Waals surface area contributed by atoms with Crippen LogP contribution in [0.5, 0.6) is 0 Å². The lowest BCUT2D eigenvalue weighted by molar-refractivity contribution is -0.119. The fourth-order valence-corrected chi connectivity index (χ4v) is 2.00. The van der Waals surface area contributed by atoms with E-state index in [1.807, 2.05) is 18.2 Å². The van der Waals surface area contributed by atoms with Crippen LogP contribution in [0.15, 0.2) is 22.7 Å². The summed E-state index contributed by atoms with van der Waals surface area (Å²) >= 11 is 9.28. The molecule has 0 amide bonds. The van der Waals surface area contributed by atoms with Gasteiger partial charge in [0.05, 0.1) is 0 Å². The van der Waals surface area contributed by atoms with Gasteiger partial charge >= 0.3 is 0 Å². The third-order valence-electron chi connectivity index (χ3n) is 2.41.